The van der Waals surface area contributed by atoms with Crippen LogP contribution >= 0.6 is 0 Å². The van der Waals surface area contributed by atoms with Crippen molar-refractivity contribution in [2.45, 2.75) is 26.2 Å². The smallest absolute Gasteiger partial charge is 0.335 e. The van der Waals surface area contributed by atoms with Gasteiger partial charge in [0.1, 0.15) is 5.82 Å². The molecule has 2 N–H and O–H groups in total. The zero-order chi connectivity index (χ0) is 13.1. The van der Waals surface area contributed by atoms with E-state index in [0.717, 1.165) is 12.6 Å². The van der Waals surface area contributed by atoms with Gasteiger partial charge in [0.25, 0.3) is 0 Å². The Morgan fingerprint density at radius 1 is 1.50 bits per heavy atom. The van der Waals surface area contributed by atoms with Gasteiger partial charge in [-0.25, -0.2) is 9.18 Å². The summed E-state index contributed by atoms with van der Waals surface area (Å²) in [7, 11) is 0. The lowest BCUT2D eigenvalue weighted by atomic mass is 9.98. The van der Waals surface area contributed by atoms with Crippen LogP contribution in [-0.4, -0.2) is 17.6 Å². The van der Waals surface area contributed by atoms with Crippen molar-refractivity contribution < 1.29 is 14.3 Å². The van der Waals surface area contributed by atoms with E-state index in [4.69, 9.17) is 5.11 Å². The van der Waals surface area contributed by atoms with E-state index >= 15 is 0 Å². The predicted octanol–water partition coefficient (Wildman–Crippen LogP) is 3.37. The van der Waals surface area contributed by atoms with Gasteiger partial charge >= 0.3 is 5.97 Å². The van der Waals surface area contributed by atoms with Crippen LogP contribution in [0.4, 0.5) is 10.1 Å². The largest absolute Gasteiger partial charge is 0.478 e. The number of hydrogen-bond acceptors (Lipinski definition) is 2. The molecule has 1 saturated carbocycles. The highest BCUT2D eigenvalue weighted by Gasteiger charge is 2.23. The second kappa shape index (κ2) is 5.38. The molecule has 98 valence electrons. The standard InChI is InChI=1S/C14H18FNO2/c1-9-3-2-4-11(9)8-16-13-6-5-10(14(17)18)7-12(13)15/h5-7,9,11,16H,2-4,8H2,1H3,(H,17,18). The Bertz CT molecular complexity index is 447. The van der Waals surface area contributed by atoms with E-state index in [2.05, 4.69) is 12.2 Å². The molecule has 0 amide bonds. The highest BCUT2D eigenvalue weighted by Crippen LogP contribution is 2.31. The summed E-state index contributed by atoms with van der Waals surface area (Å²) in [4.78, 5) is 10.7. The van der Waals surface area contributed by atoms with E-state index in [0.29, 0.717) is 17.5 Å². The first kappa shape index (κ1) is 12.9. The molecule has 0 aromatic heterocycles. The zero-order valence-electron chi connectivity index (χ0n) is 10.4. The van der Waals surface area contributed by atoms with Crippen molar-refractivity contribution >= 4 is 11.7 Å². The number of carboxylic acid groups (broad SMARTS) is 1. The third-order valence-electron chi connectivity index (χ3n) is 3.81. The summed E-state index contributed by atoms with van der Waals surface area (Å²) >= 11 is 0. The lowest BCUT2D eigenvalue weighted by Gasteiger charge is -2.17. The van der Waals surface area contributed by atoms with Crippen LogP contribution in [0.3, 0.4) is 0 Å². The van der Waals surface area contributed by atoms with Crippen LogP contribution in [0.5, 0.6) is 0 Å². The van der Waals surface area contributed by atoms with E-state index < -0.39 is 11.8 Å². The average Bonchev–Trinajstić information content (AvgIpc) is 2.73. The van der Waals surface area contributed by atoms with Gasteiger partial charge in [0.05, 0.1) is 11.3 Å². The van der Waals surface area contributed by atoms with Crippen molar-refractivity contribution in [1.82, 2.24) is 0 Å². The third-order valence-corrected chi connectivity index (χ3v) is 3.81. The Balaban J connectivity index is 1.99. The fourth-order valence-electron chi connectivity index (χ4n) is 2.56. The van der Waals surface area contributed by atoms with Gasteiger partial charge in [-0.2, -0.15) is 0 Å². The van der Waals surface area contributed by atoms with Gasteiger partial charge in [-0.05, 0) is 36.5 Å². The van der Waals surface area contributed by atoms with E-state index in [1.807, 2.05) is 0 Å². The molecule has 1 fully saturated rings. The molecule has 0 heterocycles. The molecular formula is C14H18FNO2. The predicted molar refractivity (Wildman–Crippen MR) is 68.4 cm³/mol. The fourth-order valence-corrected chi connectivity index (χ4v) is 2.56. The molecular weight excluding hydrogens is 233 g/mol. The van der Waals surface area contributed by atoms with Crippen molar-refractivity contribution in [3.63, 3.8) is 0 Å². The Labute approximate surface area is 106 Å². The van der Waals surface area contributed by atoms with Crippen LogP contribution < -0.4 is 5.32 Å². The molecule has 0 bridgehead atoms. The molecule has 3 nitrogen and oxygen atoms in total. The number of carbonyl (C=O) groups is 1. The monoisotopic (exact) mass is 251 g/mol. The fraction of sp³-hybridized carbons (Fsp3) is 0.500. The molecule has 0 aliphatic heterocycles. The highest BCUT2D eigenvalue weighted by molar-refractivity contribution is 5.88. The van der Waals surface area contributed by atoms with E-state index in [1.54, 1.807) is 0 Å². The van der Waals surface area contributed by atoms with Gasteiger partial charge in [-0.1, -0.05) is 19.8 Å². The SMILES string of the molecule is CC1CCCC1CNc1ccc(C(=O)O)cc1F. The van der Waals surface area contributed by atoms with Crippen LogP contribution in [0.2, 0.25) is 0 Å². The van der Waals surface area contributed by atoms with Gasteiger partial charge in [0.15, 0.2) is 0 Å². The summed E-state index contributed by atoms with van der Waals surface area (Å²) < 4.78 is 13.7. The van der Waals surface area contributed by atoms with Gasteiger partial charge in [-0.15, -0.1) is 0 Å². The summed E-state index contributed by atoms with van der Waals surface area (Å²) in [6, 6.07) is 3.98. The molecule has 2 rings (SSSR count). The second-order valence-electron chi connectivity index (χ2n) is 5.05. The molecule has 0 saturated heterocycles. The first-order valence-electron chi connectivity index (χ1n) is 6.34. The number of rotatable bonds is 4. The molecule has 4 heteroatoms. The number of benzene rings is 1. The summed E-state index contributed by atoms with van der Waals surface area (Å²) in [6.07, 6.45) is 3.67. The number of hydrogen-bond donors (Lipinski definition) is 2. The van der Waals surface area contributed by atoms with E-state index in [-0.39, 0.29) is 5.56 Å². The van der Waals surface area contributed by atoms with E-state index in [9.17, 15) is 9.18 Å². The minimum atomic E-state index is -1.11. The van der Waals surface area contributed by atoms with Gasteiger partial charge < -0.3 is 10.4 Å². The Kier molecular flexibility index (Phi) is 3.84. The first-order valence-corrected chi connectivity index (χ1v) is 6.34. The van der Waals surface area contributed by atoms with Crippen molar-refractivity contribution in [3.8, 4) is 0 Å². The van der Waals surface area contributed by atoms with Crippen LogP contribution in [0.15, 0.2) is 18.2 Å². The van der Waals surface area contributed by atoms with Crippen molar-refractivity contribution in [1.29, 1.82) is 0 Å². The number of nitrogens with one attached hydrogen (secondary N) is 1. The summed E-state index contributed by atoms with van der Waals surface area (Å²) in [5.41, 5.74) is 0.367. The number of aromatic carboxylic acids is 1. The first-order chi connectivity index (χ1) is 8.58. The molecule has 0 radical (unpaired) electrons. The van der Waals surface area contributed by atoms with Crippen LogP contribution in [-0.2, 0) is 0 Å². The Morgan fingerprint density at radius 3 is 2.83 bits per heavy atom. The molecule has 1 aromatic rings. The summed E-state index contributed by atoms with van der Waals surface area (Å²) in [5.74, 6) is -0.340. The molecule has 2 atom stereocenters. The minimum absolute atomic E-state index is 0.0210. The van der Waals surface area contributed by atoms with Crippen LogP contribution in [0.1, 0.15) is 36.5 Å². The number of halogens is 1. The quantitative estimate of drug-likeness (QED) is 0.862. The third kappa shape index (κ3) is 2.81. The highest BCUT2D eigenvalue weighted by atomic mass is 19.1. The topological polar surface area (TPSA) is 49.3 Å². The van der Waals surface area contributed by atoms with Crippen LogP contribution in [0.25, 0.3) is 0 Å². The summed E-state index contributed by atoms with van der Waals surface area (Å²) in [6.45, 7) is 2.98. The molecule has 1 aliphatic rings. The molecule has 2 unspecified atom stereocenters. The minimum Gasteiger partial charge on any atom is -0.478 e. The molecule has 18 heavy (non-hydrogen) atoms. The second-order valence-corrected chi connectivity index (χ2v) is 5.05. The van der Waals surface area contributed by atoms with Crippen molar-refractivity contribution in [3.05, 3.63) is 29.6 Å². The average molecular weight is 251 g/mol. The molecule has 1 aromatic carbocycles. The van der Waals surface area contributed by atoms with Crippen molar-refractivity contribution in [2.75, 3.05) is 11.9 Å². The van der Waals surface area contributed by atoms with Crippen molar-refractivity contribution in [2.24, 2.45) is 11.8 Å². The maximum Gasteiger partial charge on any atom is 0.335 e. The maximum atomic E-state index is 13.7. The Morgan fingerprint density at radius 2 is 2.28 bits per heavy atom. The van der Waals surface area contributed by atoms with E-state index in [1.165, 1.54) is 31.4 Å². The number of carboxylic acids is 1. The van der Waals surface area contributed by atoms with Gasteiger partial charge in [0, 0.05) is 6.54 Å². The normalized spacial score (nSPS) is 23.0. The summed E-state index contributed by atoms with van der Waals surface area (Å²) in [5, 5.41) is 11.8. The molecule has 1 aliphatic carbocycles. The van der Waals surface area contributed by atoms with Gasteiger partial charge in [-0.3, -0.25) is 0 Å². The number of anilines is 1. The van der Waals surface area contributed by atoms with Crippen LogP contribution in [0, 0.1) is 17.7 Å². The molecule has 0 spiro atoms. The lowest BCUT2D eigenvalue weighted by molar-refractivity contribution is 0.0696. The maximum absolute atomic E-state index is 13.7. The zero-order valence-corrected chi connectivity index (χ0v) is 10.4. The van der Waals surface area contributed by atoms with Gasteiger partial charge in [0.2, 0.25) is 0 Å². The Hall–Kier alpha value is -1.58. The lowest BCUT2D eigenvalue weighted by Crippen LogP contribution is -2.17.